The fraction of sp³-hybridized carbons (Fsp3) is 0.625. The minimum absolute atomic E-state index is 0.177. The summed E-state index contributed by atoms with van der Waals surface area (Å²) >= 11 is 0. The first kappa shape index (κ1) is 14.3. The van der Waals surface area contributed by atoms with Crippen LogP contribution in [0.25, 0.3) is 0 Å². The van der Waals surface area contributed by atoms with Crippen molar-refractivity contribution in [3.63, 3.8) is 0 Å². The van der Waals surface area contributed by atoms with Gasteiger partial charge in [-0.05, 0) is 56.5 Å². The minimum Gasteiger partial charge on any atom is -0.491 e. The zero-order valence-corrected chi connectivity index (χ0v) is 11.8. The van der Waals surface area contributed by atoms with Crippen LogP contribution in [-0.4, -0.2) is 30.6 Å². The van der Waals surface area contributed by atoms with Gasteiger partial charge >= 0.3 is 0 Å². The summed E-state index contributed by atoms with van der Waals surface area (Å²) in [5.74, 6) is 0.639. The van der Waals surface area contributed by atoms with Crippen molar-refractivity contribution in [1.82, 2.24) is 4.90 Å². The number of allylic oxidation sites excluding steroid dienone is 5. The standard InChI is InChI=1S/C16H24FNO/c1-2-3-11-18-12-9-16(10-13-18)19-15-6-4-5-14(17)7-8-15/h5-8,16H,2-4,9-13H2,1H3. The molecule has 0 aromatic carbocycles. The number of hydrogen-bond donors (Lipinski definition) is 0. The minimum atomic E-state index is -0.177. The molecule has 0 atom stereocenters. The zero-order valence-electron chi connectivity index (χ0n) is 11.8. The van der Waals surface area contributed by atoms with Crippen LogP contribution in [0.5, 0.6) is 0 Å². The maximum Gasteiger partial charge on any atom is 0.119 e. The summed E-state index contributed by atoms with van der Waals surface area (Å²) in [6.45, 7) is 5.68. The van der Waals surface area contributed by atoms with E-state index in [9.17, 15) is 4.39 Å². The average molecular weight is 265 g/mol. The molecule has 0 amide bonds. The van der Waals surface area contributed by atoms with Crippen molar-refractivity contribution in [2.45, 2.75) is 45.1 Å². The summed E-state index contributed by atoms with van der Waals surface area (Å²) in [6.07, 6.45) is 12.3. The lowest BCUT2D eigenvalue weighted by molar-refractivity contribution is 0.0551. The maximum absolute atomic E-state index is 13.0. The molecule has 1 heterocycles. The number of nitrogens with zero attached hydrogens (tertiary/aromatic N) is 1. The largest absolute Gasteiger partial charge is 0.491 e. The summed E-state index contributed by atoms with van der Waals surface area (Å²) in [7, 11) is 0. The first-order chi connectivity index (χ1) is 9.28. The highest BCUT2D eigenvalue weighted by Gasteiger charge is 2.20. The molecule has 3 heteroatoms. The van der Waals surface area contributed by atoms with Crippen LogP contribution in [0.4, 0.5) is 4.39 Å². The Morgan fingerprint density at radius 2 is 2.05 bits per heavy atom. The van der Waals surface area contributed by atoms with Crippen LogP contribution < -0.4 is 0 Å². The van der Waals surface area contributed by atoms with Gasteiger partial charge in [0, 0.05) is 13.1 Å². The normalized spacial score (nSPS) is 21.8. The lowest BCUT2D eigenvalue weighted by atomic mass is 10.1. The molecule has 1 fully saturated rings. The Morgan fingerprint density at radius 3 is 2.79 bits per heavy atom. The number of likely N-dealkylation sites (tertiary alicyclic amines) is 1. The fourth-order valence-electron chi connectivity index (χ4n) is 2.50. The number of piperidine rings is 1. The van der Waals surface area contributed by atoms with Gasteiger partial charge in [-0.15, -0.1) is 0 Å². The molecular formula is C16H24FNO. The molecule has 1 aliphatic carbocycles. The summed E-state index contributed by atoms with van der Waals surface area (Å²) in [6, 6.07) is 0. The SMILES string of the molecule is CCCCN1CCC(OC2=CCC=C(F)C=C2)CC1. The third kappa shape index (κ3) is 4.83. The van der Waals surface area contributed by atoms with Gasteiger partial charge in [-0.25, -0.2) is 4.39 Å². The summed E-state index contributed by atoms with van der Waals surface area (Å²) in [5, 5.41) is 0. The van der Waals surface area contributed by atoms with E-state index in [1.807, 2.05) is 6.08 Å². The van der Waals surface area contributed by atoms with E-state index in [-0.39, 0.29) is 11.9 Å². The molecule has 0 aromatic heterocycles. The topological polar surface area (TPSA) is 12.5 Å². The van der Waals surface area contributed by atoms with E-state index < -0.39 is 0 Å². The Morgan fingerprint density at radius 1 is 1.26 bits per heavy atom. The van der Waals surface area contributed by atoms with Gasteiger partial charge in [0.2, 0.25) is 0 Å². The predicted octanol–water partition coefficient (Wildman–Crippen LogP) is 3.96. The van der Waals surface area contributed by atoms with Gasteiger partial charge in [-0.1, -0.05) is 13.3 Å². The lowest BCUT2D eigenvalue weighted by Crippen LogP contribution is -2.37. The third-order valence-electron chi connectivity index (χ3n) is 3.70. The van der Waals surface area contributed by atoms with Crippen molar-refractivity contribution in [3.8, 4) is 0 Å². The van der Waals surface area contributed by atoms with E-state index in [0.29, 0.717) is 6.42 Å². The number of ether oxygens (including phenoxy) is 1. The summed E-state index contributed by atoms with van der Waals surface area (Å²) in [4.78, 5) is 2.52. The molecule has 2 rings (SSSR count). The molecule has 2 aliphatic rings. The molecule has 0 radical (unpaired) electrons. The van der Waals surface area contributed by atoms with Gasteiger partial charge in [0.15, 0.2) is 0 Å². The molecule has 0 N–H and O–H groups in total. The molecular weight excluding hydrogens is 241 g/mol. The van der Waals surface area contributed by atoms with E-state index in [1.165, 1.54) is 25.5 Å². The number of rotatable bonds is 5. The molecule has 2 nitrogen and oxygen atoms in total. The van der Waals surface area contributed by atoms with Gasteiger partial charge in [-0.3, -0.25) is 0 Å². The quantitative estimate of drug-likeness (QED) is 0.746. The van der Waals surface area contributed by atoms with Crippen LogP contribution in [0.2, 0.25) is 0 Å². The van der Waals surface area contributed by atoms with Crippen LogP contribution in [0.3, 0.4) is 0 Å². The summed E-state index contributed by atoms with van der Waals surface area (Å²) in [5.41, 5.74) is 0. The van der Waals surface area contributed by atoms with Gasteiger partial charge in [0.25, 0.3) is 0 Å². The fourth-order valence-corrected chi connectivity index (χ4v) is 2.50. The average Bonchev–Trinajstić information content (AvgIpc) is 2.63. The van der Waals surface area contributed by atoms with E-state index in [0.717, 1.165) is 31.7 Å². The first-order valence-electron chi connectivity index (χ1n) is 7.41. The second-order valence-corrected chi connectivity index (χ2v) is 5.28. The molecule has 106 valence electrons. The van der Waals surface area contributed by atoms with Crippen LogP contribution in [0.15, 0.2) is 35.9 Å². The molecule has 1 aliphatic heterocycles. The Bertz CT molecular complexity index is 365. The van der Waals surface area contributed by atoms with E-state index in [1.54, 1.807) is 12.2 Å². The predicted molar refractivity (Wildman–Crippen MR) is 76.5 cm³/mol. The molecule has 19 heavy (non-hydrogen) atoms. The van der Waals surface area contributed by atoms with Gasteiger partial charge in [0.05, 0.1) is 0 Å². The number of halogens is 1. The van der Waals surface area contributed by atoms with Crippen molar-refractivity contribution in [2.75, 3.05) is 19.6 Å². The molecule has 1 saturated heterocycles. The Hall–Kier alpha value is -1.09. The highest BCUT2D eigenvalue weighted by Crippen LogP contribution is 2.20. The Balaban J connectivity index is 1.74. The number of unbranched alkanes of at least 4 members (excludes halogenated alkanes) is 1. The molecule has 0 spiro atoms. The van der Waals surface area contributed by atoms with Crippen LogP contribution in [0.1, 0.15) is 39.0 Å². The van der Waals surface area contributed by atoms with Gasteiger partial charge in [0.1, 0.15) is 17.7 Å². The van der Waals surface area contributed by atoms with Crippen molar-refractivity contribution in [3.05, 3.63) is 35.9 Å². The number of hydrogen-bond acceptors (Lipinski definition) is 2. The Labute approximate surface area is 115 Å². The second kappa shape index (κ2) is 7.49. The van der Waals surface area contributed by atoms with E-state index >= 15 is 0 Å². The Kier molecular flexibility index (Phi) is 5.64. The summed E-state index contributed by atoms with van der Waals surface area (Å²) < 4.78 is 19.0. The van der Waals surface area contributed by atoms with Crippen LogP contribution in [-0.2, 0) is 4.74 Å². The van der Waals surface area contributed by atoms with E-state index in [2.05, 4.69) is 11.8 Å². The van der Waals surface area contributed by atoms with Gasteiger partial charge < -0.3 is 9.64 Å². The van der Waals surface area contributed by atoms with Crippen molar-refractivity contribution in [2.24, 2.45) is 0 Å². The van der Waals surface area contributed by atoms with Crippen molar-refractivity contribution >= 4 is 0 Å². The van der Waals surface area contributed by atoms with Gasteiger partial charge in [-0.2, -0.15) is 0 Å². The van der Waals surface area contributed by atoms with Crippen LogP contribution >= 0.6 is 0 Å². The molecule has 0 bridgehead atoms. The third-order valence-corrected chi connectivity index (χ3v) is 3.70. The smallest absolute Gasteiger partial charge is 0.119 e. The van der Waals surface area contributed by atoms with Crippen molar-refractivity contribution < 1.29 is 9.13 Å². The second-order valence-electron chi connectivity index (χ2n) is 5.28. The highest BCUT2D eigenvalue weighted by atomic mass is 19.1. The zero-order chi connectivity index (χ0) is 13.5. The molecule has 0 unspecified atom stereocenters. The lowest BCUT2D eigenvalue weighted by Gasteiger charge is -2.32. The molecule has 0 saturated carbocycles. The van der Waals surface area contributed by atoms with E-state index in [4.69, 9.17) is 4.74 Å². The van der Waals surface area contributed by atoms with Crippen molar-refractivity contribution in [1.29, 1.82) is 0 Å². The first-order valence-corrected chi connectivity index (χ1v) is 7.41. The van der Waals surface area contributed by atoms with Crippen LogP contribution in [0, 0.1) is 0 Å². The molecule has 0 aromatic rings. The monoisotopic (exact) mass is 265 g/mol. The maximum atomic E-state index is 13.0. The highest BCUT2D eigenvalue weighted by molar-refractivity contribution is 5.25.